The van der Waals surface area contributed by atoms with E-state index >= 15 is 0 Å². The second kappa shape index (κ2) is 7.76. The van der Waals surface area contributed by atoms with E-state index in [1.807, 2.05) is 37.3 Å². The van der Waals surface area contributed by atoms with E-state index < -0.39 is 10.0 Å². The van der Waals surface area contributed by atoms with Gasteiger partial charge in [0.2, 0.25) is 10.0 Å². The first kappa shape index (κ1) is 17.0. The summed E-state index contributed by atoms with van der Waals surface area (Å²) in [6, 6.07) is 14.6. The molecule has 2 rings (SSSR count). The second-order valence-corrected chi connectivity index (χ2v) is 7.44. The number of benzene rings is 2. The third kappa shape index (κ3) is 4.83. The maximum Gasteiger partial charge on any atom is 0.241 e. The van der Waals surface area contributed by atoms with Gasteiger partial charge < -0.3 is 4.74 Å². The van der Waals surface area contributed by atoms with Crippen molar-refractivity contribution in [3.63, 3.8) is 0 Å². The Bertz CT molecular complexity index is 717. The van der Waals surface area contributed by atoms with E-state index in [2.05, 4.69) is 20.7 Å². The molecule has 0 bridgehead atoms. The highest BCUT2D eigenvalue weighted by Gasteiger charge is 2.16. The molecular formula is C16H18BrNO3S. The van der Waals surface area contributed by atoms with Gasteiger partial charge in [0.25, 0.3) is 0 Å². The summed E-state index contributed by atoms with van der Waals surface area (Å²) in [4.78, 5) is 0.252. The summed E-state index contributed by atoms with van der Waals surface area (Å²) in [6.07, 6.45) is 0.595. The number of aryl methyl sites for hydroxylation is 1. The minimum absolute atomic E-state index is 0.252. The maximum absolute atomic E-state index is 12.2. The molecule has 0 aliphatic rings. The minimum Gasteiger partial charge on any atom is -0.494 e. The maximum atomic E-state index is 12.2. The van der Waals surface area contributed by atoms with Crippen LogP contribution in [0.5, 0.6) is 5.75 Å². The number of ether oxygens (including phenoxy) is 1. The molecule has 0 atom stereocenters. The molecule has 0 spiro atoms. The number of rotatable bonds is 7. The fraction of sp³-hybridized carbons (Fsp3) is 0.250. The van der Waals surface area contributed by atoms with Crippen molar-refractivity contribution in [1.29, 1.82) is 0 Å². The van der Waals surface area contributed by atoms with Gasteiger partial charge in [-0.25, -0.2) is 13.1 Å². The van der Waals surface area contributed by atoms with Crippen LogP contribution in [-0.4, -0.2) is 21.6 Å². The zero-order chi connectivity index (χ0) is 16.0. The number of halogens is 1. The molecule has 0 fully saturated rings. The Kier molecular flexibility index (Phi) is 5.99. The van der Waals surface area contributed by atoms with Gasteiger partial charge >= 0.3 is 0 Å². The van der Waals surface area contributed by atoms with E-state index in [4.69, 9.17) is 4.74 Å². The Labute approximate surface area is 139 Å². The van der Waals surface area contributed by atoms with Gasteiger partial charge in [-0.15, -0.1) is 0 Å². The standard InChI is InChI=1S/C16H18BrNO3S/c1-13-8-9-16(15(17)12-13)22(19,20)18-10-5-11-21-14-6-3-2-4-7-14/h2-4,6-9,12,18H,5,10-11H2,1H3. The molecule has 118 valence electrons. The number of para-hydroxylation sites is 1. The zero-order valence-electron chi connectivity index (χ0n) is 12.3. The highest BCUT2D eigenvalue weighted by molar-refractivity contribution is 9.10. The van der Waals surface area contributed by atoms with Gasteiger partial charge in [-0.05, 0) is 59.1 Å². The minimum atomic E-state index is -3.51. The summed E-state index contributed by atoms with van der Waals surface area (Å²) in [5.41, 5.74) is 1.00. The van der Waals surface area contributed by atoms with Crippen LogP contribution < -0.4 is 9.46 Å². The number of sulfonamides is 1. The molecule has 22 heavy (non-hydrogen) atoms. The quantitative estimate of drug-likeness (QED) is 0.744. The smallest absolute Gasteiger partial charge is 0.241 e. The van der Waals surface area contributed by atoms with Crippen molar-refractivity contribution in [2.24, 2.45) is 0 Å². The monoisotopic (exact) mass is 383 g/mol. The molecule has 0 aromatic heterocycles. The van der Waals surface area contributed by atoms with E-state index in [-0.39, 0.29) is 4.90 Å². The molecule has 6 heteroatoms. The van der Waals surface area contributed by atoms with Crippen LogP contribution in [0.15, 0.2) is 57.9 Å². The fourth-order valence-corrected chi connectivity index (χ4v) is 4.15. The van der Waals surface area contributed by atoms with E-state index in [1.54, 1.807) is 18.2 Å². The number of hydrogen-bond acceptors (Lipinski definition) is 3. The Morgan fingerprint density at radius 3 is 2.55 bits per heavy atom. The summed E-state index contributed by atoms with van der Waals surface area (Å²) < 4.78 is 33.1. The van der Waals surface area contributed by atoms with Crippen LogP contribution in [0.1, 0.15) is 12.0 Å². The first-order chi connectivity index (χ1) is 10.5. The Hall–Kier alpha value is -1.37. The van der Waals surface area contributed by atoms with Gasteiger partial charge in [0.1, 0.15) is 5.75 Å². The first-order valence-electron chi connectivity index (χ1n) is 6.93. The van der Waals surface area contributed by atoms with Crippen LogP contribution in [0.25, 0.3) is 0 Å². The molecule has 0 aliphatic heterocycles. The molecule has 0 saturated heterocycles. The Morgan fingerprint density at radius 1 is 1.14 bits per heavy atom. The van der Waals surface area contributed by atoms with E-state index in [1.165, 1.54) is 0 Å². The lowest BCUT2D eigenvalue weighted by Crippen LogP contribution is -2.26. The second-order valence-electron chi connectivity index (χ2n) is 4.85. The third-order valence-corrected chi connectivity index (χ3v) is 5.44. The summed E-state index contributed by atoms with van der Waals surface area (Å²) in [5, 5.41) is 0. The normalized spacial score (nSPS) is 11.4. The van der Waals surface area contributed by atoms with Crippen LogP contribution in [0.2, 0.25) is 0 Å². The van der Waals surface area contributed by atoms with Crippen molar-refractivity contribution in [3.05, 3.63) is 58.6 Å². The van der Waals surface area contributed by atoms with Gasteiger partial charge in [0.05, 0.1) is 11.5 Å². The first-order valence-corrected chi connectivity index (χ1v) is 9.20. The lowest BCUT2D eigenvalue weighted by molar-refractivity contribution is 0.311. The van der Waals surface area contributed by atoms with Crippen LogP contribution in [0, 0.1) is 6.92 Å². The molecule has 0 heterocycles. The molecule has 0 aliphatic carbocycles. The predicted molar refractivity (Wildman–Crippen MR) is 90.6 cm³/mol. The molecule has 0 unspecified atom stereocenters. The zero-order valence-corrected chi connectivity index (χ0v) is 14.7. The Balaban J connectivity index is 1.83. The fourth-order valence-electron chi connectivity index (χ4n) is 1.89. The van der Waals surface area contributed by atoms with E-state index in [0.717, 1.165) is 11.3 Å². The summed E-state index contributed by atoms with van der Waals surface area (Å²) in [5.74, 6) is 0.784. The summed E-state index contributed by atoms with van der Waals surface area (Å²) >= 11 is 3.29. The molecule has 0 radical (unpaired) electrons. The topological polar surface area (TPSA) is 55.4 Å². The highest BCUT2D eigenvalue weighted by atomic mass is 79.9. The SMILES string of the molecule is Cc1ccc(S(=O)(=O)NCCCOc2ccccc2)c(Br)c1. The van der Waals surface area contributed by atoms with Gasteiger partial charge in [-0.1, -0.05) is 24.3 Å². The summed E-state index contributed by atoms with van der Waals surface area (Å²) in [6.45, 7) is 2.70. The molecule has 0 amide bonds. The average molecular weight is 384 g/mol. The van der Waals surface area contributed by atoms with E-state index in [9.17, 15) is 8.42 Å². The molecule has 1 N–H and O–H groups in total. The number of hydrogen-bond donors (Lipinski definition) is 1. The van der Waals surface area contributed by atoms with Gasteiger partial charge in [0, 0.05) is 11.0 Å². The van der Waals surface area contributed by atoms with Crippen LogP contribution in [0.4, 0.5) is 0 Å². The molecular weight excluding hydrogens is 366 g/mol. The van der Waals surface area contributed by atoms with Crippen molar-refractivity contribution in [2.75, 3.05) is 13.2 Å². The van der Waals surface area contributed by atoms with Crippen molar-refractivity contribution in [3.8, 4) is 5.75 Å². The molecule has 2 aromatic carbocycles. The van der Waals surface area contributed by atoms with Crippen molar-refractivity contribution >= 4 is 26.0 Å². The molecule has 0 saturated carbocycles. The highest BCUT2D eigenvalue weighted by Crippen LogP contribution is 2.22. The lowest BCUT2D eigenvalue weighted by atomic mass is 10.2. The van der Waals surface area contributed by atoms with Gasteiger partial charge in [-0.2, -0.15) is 0 Å². The largest absolute Gasteiger partial charge is 0.494 e. The third-order valence-electron chi connectivity index (χ3n) is 3.00. The lowest BCUT2D eigenvalue weighted by Gasteiger charge is -2.10. The summed E-state index contributed by atoms with van der Waals surface area (Å²) in [7, 11) is -3.51. The van der Waals surface area contributed by atoms with Crippen molar-refractivity contribution in [2.45, 2.75) is 18.2 Å². The predicted octanol–water partition coefficient (Wildman–Crippen LogP) is 3.50. The van der Waals surface area contributed by atoms with Crippen LogP contribution in [0.3, 0.4) is 0 Å². The van der Waals surface area contributed by atoms with E-state index in [0.29, 0.717) is 24.0 Å². The van der Waals surface area contributed by atoms with Gasteiger partial charge in [-0.3, -0.25) is 0 Å². The Morgan fingerprint density at radius 2 is 1.86 bits per heavy atom. The number of nitrogens with one attached hydrogen (secondary N) is 1. The molecule has 4 nitrogen and oxygen atoms in total. The molecule has 2 aromatic rings. The van der Waals surface area contributed by atoms with Crippen molar-refractivity contribution < 1.29 is 13.2 Å². The van der Waals surface area contributed by atoms with Crippen LogP contribution >= 0.6 is 15.9 Å². The van der Waals surface area contributed by atoms with Crippen molar-refractivity contribution in [1.82, 2.24) is 4.72 Å². The average Bonchev–Trinajstić information content (AvgIpc) is 2.47. The van der Waals surface area contributed by atoms with Gasteiger partial charge in [0.15, 0.2) is 0 Å². The van der Waals surface area contributed by atoms with Crippen LogP contribution in [-0.2, 0) is 10.0 Å².